The molecule has 1 N–H and O–H groups in total. The van der Waals surface area contributed by atoms with Crippen LogP contribution in [0.15, 0.2) is 12.1 Å². The van der Waals surface area contributed by atoms with Gasteiger partial charge in [0.1, 0.15) is 0 Å². The van der Waals surface area contributed by atoms with E-state index in [1.165, 1.54) is 6.07 Å². The third-order valence-electron chi connectivity index (χ3n) is 2.09. The molecular formula is C10H8FNO3. The largest absolute Gasteiger partial charge is 0.489 e. The Morgan fingerprint density at radius 3 is 2.80 bits per heavy atom. The number of halogens is 1. The molecule has 1 heterocycles. The van der Waals surface area contributed by atoms with Gasteiger partial charge in [-0.15, -0.1) is 0 Å². The van der Waals surface area contributed by atoms with E-state index < -0.39 is 17.5 Å². The Kier molecular flexibility index (Phi) is 2.15. The summed E-state index contributed by atoms with van der Waals surface area (Å²) < 4.78 is 18.3. The van der Waals surface area contributed by atoms with E-state index in [9.17, 15) is 14.0 Å². The Hall–Kier alpha value is -1.91. The fraction of sp³-hybridized carbons (Fsp3) is 0.200. The number of Topliss-reactive ketones (excluding diaryl/α,β-unsaturated/α-hetero) is 1. The van der Waals surface area contributed by atoms with Crippen LogP contribution in [0.25, 0.3) is 0 Å². The molecule has 0 radical (unpaired) electrons. The molecule has 0 fully saturated rings. The third kappa shape index (κ3) is 1.36. The number of anilines is 1. The molecule has 0 atom stereocenters. The molecule has 0 saturated heterocycles. The highest BCUT2D eigenvalue weighted by atomic mass is 19.1. The van der Waals surface area contributed by atoms with Crippen molar-refractivity contribution < 1.29 is 18.7 Å². The zero-order valence-electron chi connectivity index (χ0n) is 7.96. The maximum absolute atomic E-state index is 13.3. The van der Waals surface area contributed by atoms with Gasteiger partial charge in [0.2, 0.25) is 0 Å². The van der Waals surface area contributed by atoms with Gasteiger partial charge in [-0.2, -0.15) is 0 Å². The van der Waals surface area contributed by atoms with E-state index in [4.69, 9.17) is 4.74 Å². The number of fused-ring (bicyclic) bond motifs is 1. The van der Waals surface area contributed by atoms with Crippen molar-refractivity contribution in [2.24, 2.45) is 0 Å². The monoisotopic (exact) mass is 209 g/mol. The zero-order chi connectivity index (χ0) is 11.0. The first-order valence-electron chi connectivity index (χ1n) is 4.46. The van der Waals surface area contributed by atoms with E-state index >= 15 is 0 Å². The lowest BCUT2D eigenvalue weighted by molar-refractivity contribution is -0.112. The van der Waals surface area contributed by atoms with Crippen molar-refractivity contribution in [3.8, 4) is 5.75 Å². The maximum atomic E-state index is 13.3. The smallest absolute Gasteiger partial charge is 0.296 e. The zero-order valence-corrected chi connectivity index (χ0v) is 7.96. The van der Waals surface area contributed by atoms with Gasteiger partial charge in [0, 0.05) is 0 Å². The van der Waals surface area contributed by atoms with E-state index in [2.05, 4.69) is 5.32 Å². The summed E-state index contributed by atoms with van der Waals surface area (Å²) in [5.41, 5.74) is 0.289. The van der Waals surface area contributed by atoms with Crippen LogP contribution in [0.2, 0.25) is 0 Å². The summed E-state index contributed by atoms with van der Waals surface area (Å²) in [6, 6.07) is 2.38. The van der Waals surface area contributed by atoms with Crippen LogP contribution in [0.3, 0.4) is 0 Å². The summed E-state index contributed by atoms with van der Waals surface area (Å²) in [5, 5.41) is 2.29. The first kappa shape index (κ1) is 9.64. The van der Waals surface area contributed by atoms with Crippen LogP contribution in [0.4, 0.5) is 10.1 Å². The van der Waals surface area contributed by atoms with Crippen molar-refractivity contribution in [1.82, 2.24) is 0 Å². The van der Waals surface area contributed by atoms with Gasteiger partial charge < -0.3 is 10.1 Å². The second kappa shape index (κ2) is 3.34. The molecule has 15 heavy (non-hydrogen) atoms. The van der Waals surface area contributed by atoms with Gasteiger partial charge in [-0.1, -0.05) is 0 Å². The van der Waals surface area contributed by atoms with Gasteiger partial charge in [0.15, 0.2) is 11.6 Å². The highest BCUT2D eigenvalue weighted by Crippen LogP contribution is 2.35. The molecule has 1 aliphatic rings. The van der Waals surface area contributed by atoms with Crippen LogP contribution in [0.5, 0.6) is 5.75 Å². The topological polar surface area (TPSA) is 55.4 Å². The lowest BCUT2D eigenvalue weighted by Crippen LogP contribution is -2.12. The number of amides is 1. The summed E-state index contributed by atoms with van der Waals surface area (Å²) >= 11 is 0. The van der Waals surface area contributed by atoms with Crippen LogP contribution >= 0.6 is 0 Å². The molecule has 1 aliphatic heterocycles. The molecule has 0 unspecified atom stereocenters. The Labute approximate surface area is 85.0 Å². The lowest BCUT2D eigenvalue weighted by atomic mass is 10.1. The minimum Gasteiger partial charge on any atom is -0.489 e. The third-order valence-corrected chi connectivity index (χ3v) is 2.09. The first-order valence-corrected chi connectivity index (χ1v) is 4.46. The molecule has 0 spiro atoms. The van der Waals surface area contributed by atoms with E-state index in [0.29, 0.717) is 0 Å². The van der Waals surface area contributed by atoms with Crippen LogP contribution in [-0.4, -0.2) is 18.3 Å². The molecular weight excluding hydrogens is 201 g/mol. The molecule has 78 valence electrons. The minimum absolute atomic E-state index is 0.0748. The van der Waals surface area contributed by atoms with Crippen molar-refractivity contribution in [1.29, 1.82) is 0 Å². The number of hydrogen-bond donors (Lipinski definition) is 1. The molecule has 2 rings (SSSR count). The number of carbonyl (C=O) groups is 2. The molecule has 1 aromatic rings. The molecule has 0 aliphatic carbocycles. The number of benzene rings is 1. The van der Waals surface area contributed by atoms with E-state index in [1.54, 1.807) is 6.92 Å². The number of ether oxygens (including phenoxy) is 1. The average Bonchev–Trinajstić information content (AvgIpc) is 2.49. The van der Waals surface area contributed by atoms with Crippen LogP contribution in [0, 0.1) is 5.82 Å². The van der Waals surface area contributed by atoms with Gasteiger partial charge in [-0.3, -0.25) is 9.59 Å². The van der Waals surface area contributed by atoms with Gasteiger partial charge in [0.05, 0.1) is 17.9 Å². The fourth-order valence-electron chi connectivity index (χ4n) is 1.45. The maximum Gasteiger partial charge on any atom is 0.296 e. The molecule has 4 nitrogen and oxygen atoms in total. The second-order valence-corrected chi connectivity index (χ2v) is 3.02. The molecule has 0 saturated carbocycles. The quantitative estimate of drug-likeness (QED) is 0.748. The SMILES string of the molecule is CCOc1c(F)ccc2c1NC(=O)C2=O. The summed E-state index contributed by atoms with van der Waals surface area (Å²) in [4.78, 5) is 22.3. The van der Waals surface area contributed by atoms with Crippen LogP contribution < -0.4 is 10.1 Å². The summed E-state index contributed by atoms with van der Waals surface area (Å²) in [5.74, 6) is -2.08. The fourth-order valence-corrected chi connectivity index (χ4v) is 1.45. The Bertz CT molecular complexity index is 456. The number of rotatable bonds is 2. The molecule has 0 bridgehead atoms. The summed E-state index contributed by atoms with van der Waals surface area (Å²) in [6.07, 6.45) is 0. The molecule has 1 aromatic carbocycles. The number of nitrogens with one attached hydrogen (secondary N) is 1. The predicted molar refractivity (Wildman–Crippen MR) is 50.5 cm³/mol. The van der Waals surface area contributed by atoms with E-state index in [1.807, 2.05) is 0 Å². The standard InChI is InChI=1S/C10H8FNO3/c1-2-15-9-6(11)4-3-5-7(9)12-10(14)8(5)13/h3-4H,2H2,1H3,(H,12,13,14). The first-order chi connectivity index (χ1) is 7.15. The number of hydrogen-bond acceptors (Lipinski definition) is 3. The van der Waals surface area contributed by atoms with Crippen molar-refractivity contribution in [2.75, 3.05) is 11.9 Å². The average molecular weight is 209 g/mol. The van der Waals surface area contributed by atoms with Crippen molar-refractivity contribution in [3.05, 3.63) is 23.5 Å². The summed E-state index contributed by atoms with van der Waals surface area (Å²) in [6.45, 7) is 1.95. The van der Waals surface area contributed by atoms with Crippen molar-refractivity contribution in [3.63, 3.8) is 0 Å². The normalized spacial score (nSPS) is 13.7. The Balaban J connectivity index is 2.58. The van der Waals surface area contributed by atoms with E-state index in [-0.39, 0.29) is 23.6 Å². The minimum atomic E-state index is -0.753. The highest BCUT2D eigenvalue weighted by Gasteiger charge is 2.32. The lowest BCUT2D eigenvalue weighted by Gasteiger charge is -2.08. The van der Waals surface area contributed by atoms with Gasteiger partial charge in [0.25, 0.3) is 11.7 Å². The second-order valence-electron chi connectivity index (χ2n) is 3.02. The van der Waals surface area contributed by atoms with E-state index in [0.717, 1.165) is 6.07 Å². The Morgan fingerprint density at radius 1 is 1.40 bits per heavy atom. The number of ketones is 1. The van der Waals surface area contributed by atoms with Gasteiger partial charge in [-0.25, -0.2) is 4.39 Å². The molecule has 1 amide bonds. The van der Waals surface area contributed by atoms with Crippen LogP contribution in [-0.2, 0) is 4.79 Å². The van der Waals surface area contributed by atoms with Crippen molar-refractivity contribution in [2.45, 2.75) is 6.92 Å². The van der Waals surface area contributed by atoms with Crippen molar-refractivity contribution >= 4 is 17.4 Å². The Morgan fingerprint density at radius 2 is 2.13 bits per heavy atom. The van der Waals surface area contributed by atoms with Gasteiger partial charge >= 0.3 is 0 Å². The summed E-state index contributed by atoms with van der Waals surface area (Å²) in [7, 11) is 0. The van der Waals surface area contributed by atoms with Crippen LogP contribution in [0.1, 0.15) is 17.3 Å². The predicted octanol–water partition coefficient (Wildman–Crippen LogP) is 1.36. The highest BCUT2D eigenvalue weighted by molar-refractivity contribution is 6.52. The molecule has 0 aromatic heterocycles. The number of carbonyl (C=O) groups excluding carboxylic acids is 2. The van der Waals surface area contributed by atoms with Gasteiger partial charge in [-0.05, 0) is 19.1 Å². The molecule has 5 heteroatoms.